The van der Waals surface area contributed by atoms with E-state index in [1.165, 1.54) is 69.5 Å². The van der Waals surface area contributed by atoms with Crippen molar-refractivity contribution >= 4 is 51.5 Å². The lowest BCUT2D eigenvalue weighted by molar-refractivity contribution is 0.0410. The summed E-state index contributed by atoms with van der Waals surface area (Å²) in [5.74, 6) is 0.253. The number of aryl methyl sites for hydroxylation is 2. The Labute approximate surface area is 214 Å². The maximum atomic E-state index is 13.2. The van der Waals surface area contributed by atoms with Crippen LogP contribution in [0.15, 0.2) is 19.2 Å². The fourth-order valence-corrected chi connectivity index (χ4v) is 5.36. The first-order valence-corrected chi connectivity index (χ1v) is 11.6. The molecule has 1 aliphatic heterocycles. The highest BCUT2D eigenvalue weighted by Crippen LogP contribution is 2.36. The van der Waals surface area contributed by atoms with Gasteiger partial charge in [0.1, 0.15) is 5.69 Å². The van der Waals surface area contributed by atoms with E-state index in [0.29, 0.717) is 0 Å². The molecular weight excluding hydrogens is 516 g/mol. The molecule has 0 bridgehead atoms. The lowest BCUT2D eigenvalue weighted by Crippen LogP contribution is -2.46. The van der Waals surface area contributed by atoms with E-state index < -0.39 is 34.8 Å². The number of aromatic nitrogens is 10. The number of imidazole rings is 3. The Bertz CT molecular complexity index is 2390. The van der Waals surface area contributed by atoms with Crippen molar-refractivity contribution < 1.29 is 9.90 Å². The third kappa shape index (κ3) is 2.35. The van der Waals surface area contributed by atoms with Gasteiger partial charge in [0.05, 0.1) is 0 Å². The maximum absolute atomic E-state index is 13.2. The van der Waals surface area contributed by atoms with Gasteiger partial charge in [-0.3, -0.25) is 37.7 Å². The molecule has 18 nitrogen and oxygen atoms in total. The van der Waals surface area contributed by atoms with E-state index in [2.05, 4.69) is 15.0 Å². The van der Waals surface area contributed by atoms with Crippen molar-refractivity contribution in [1.82, 2.24) is 51.3 Å². The minimum atomic E-state index is -1.44. The van der Waals surface area contributed by atoms with Gasteiger partial charge in [-0.05, 0) is 0 Å². The number of urea groups is 1. The molecule has 0 aliphatic carbocycles. The molecule has 0 aromatic carbocycles. The van der Waals surface area contributed by atoms with Gasteiger partial charge in [-0.25, -0.2) is 42.5 Å². The van der Waals surface area contributed by atoms with Crippen LogP contribution in [-0.2, 0) is 28.2 Å². The Morgan fingerprint density at radius 3 is 1.54 bits per heavy atom. The highest BCUT2D eigenvalue weighted by molar-refractivity contribution is 5.95. The van der Waals surface area contributed by atoms with E-state index in [1.54, 1.807) is 0 Å². The molecule has 6 aromatic rings. The number of amides is 2. The summed E-state index contributed by atoms with van der Waals surface area (Å²) in [5, 5.41) is 11.0. The fraction of sp³-hybridized carbons (Fsp3) is 0.333. The molecule has 1 unspecified atom stereocenters. The van der Waals surface area contributed by atoms with Crippen molar-refractivity contribution in [3.05, 3.63) is 47.4 Å². The number of nitrogens with zero attached hydrogens (tertiary/aromatic N) is 12. The van der Waals surface area contributed by atoms with Crippen LogP contribution in [0.25, 0.3) is 39.7 Å². The largest absolute Gasteiger partial charge is 0.368 e. The molecular formula is C21H20N12O6. The Morgan fingerprint density at radius 1 is 0.615 bits per heavy atom. The van der Waals surface area contributed by atoms with Crippen LogP contribution in [0.2, 0.25) is 0 Å². The normalized spacial score (nSPS) is 16.2. The zero-order valence-electron chi connectivity index (χ0n) is 21.4. The van der Waals surface area contributed by atoms with Crippen molar-refractivity contribution in [1.29, 1.82) is 0 Å². The van der Waals surface area contributed by atoms with E-state index in [-0.39, 0.29) is 51.2 Å². The first-order chi connectivity index (χ1) is 18.4. The summed E-state index contributed by atoms with van der Waals surface area (Å²) in [6, 6.07) is -0.550. The van der Waals surface area contributed by atoms with Crippen molar-refractivity contribution in [3.63, 3.8) is 0 Å². The van der Waals surface area contributed by atoms with E-state index in [9.17, 15) is 29.1 Å². The summed E-state index contributed by atoms with van der Waals surface area (Å²) in [7, 11) is 8.44. The third-order valence-corrected chi connectivity index (χ3v) is 7.45. The predicted molar refractivity (Wildman–Crippen MR) is 135 cm³/mol. The van der Waals surface area contributed by atoms with Crippen LogP contribution in [0, 0.1) is 0 Å². The van der Waals surface area contributed by atoms with Crippen LogP contribution in [-0.4, -0.2) is 76.6 Å². The van der Waals surface area contributed by atoms with E-state index in [1.807, 2.05) is 0 Å². The molecule has 2 amide bonds. The van der Waals surface area contributed by atoms with Gasteiger partial charge in [-0.2, -0.15) is 0 Å². The summed E-state index contributed by atoms with van der Waals surface area (Å²) in [6.45, 7) is 0. The van der Waals surface area contributed by atoms with Gasteiger partial charge in [-0.15, -0.1) is 0 Å². The number of carbonyl (C=O) groups is 1. The quantitative estimate of drug-likeness (QED) is 0.215. The number of carbonyl (C=O) groups excluding carboxylic acids is 1. The average Bonchev–Trinajstić information content (AvgIpc) is 3.62. The first kappa shape index (κ1) is 22.9. The SMILES string of the molecule is CN1C(=O)N(C)C(O)c2nc3n(c21)c1nc2c(=O)n(C)c(=O)n(C)c2n1c1nc2c(=O)n(C)c(=O)n(C)c2n31. The van der Waals surface area contributed by atoms with Crippen LogP contribution in [0.4, 0.5) is 10.6 Å². The first-order valence-electron chi connectivity index (χ1n) is 11.6. The van der Waals surface area contributed by atoms with Crippen LogP contribution in [0.3, 0.4) is 0 Å². The maximum Gasteiger partial charge on any atom is 0.332 e. The zero-order chi connectivity index (χ0) is 28.0. The van der Waals surface area contributed by atoms with Gasteiger partial charge < -0.3 is 5.11 Å². The van der Waals surface area contributed by atoms with Crippen molar-refractivity contribution in [2.24, 2.45) is 28.2 Å². The number of anilines is 1. The topological polar surface area (TPSA) is 184 Å². The number of aliphatic hydroxyl groups excluding tert-OH is 1. The number of hydrogen-bond donors (Lipinski definition) is 1. The Balaban J connectivity index is 1.92. The molecule has 1 aliphatic rings. The molecule has 1 atom stereocenters. The Hall–Kier alpha value is -5.26. The monoisotopic (exact) mass is 536 g/mol. The standard InChI is InChI=1S/C21H20N12O6/c1-25-10-7(13(34)28(4)19(25)37)22-16-31(10)17-23-8-11(26(2)20(38)29(5)14(8)35)33(17)18-24-9-12(32(16)18)27(3)21(39)30(6)15(9)36/h13,34H,1-6H3. The summed E-state index contributed by atoms with van der Waals surface area (Å²) < 4.78 is 8.44. The number of fused-ring (bicyclic) bond motifs is 12. The molecule has 18 heteroatoms. The summed E-state index contributed by atoms with van der Waals surface area (Å²) in [6.07, 6.45) is -1.44. The molecule has 0 fully saturated rings. The summed E-state index contributed by atoms with van der Waals surface area (Å²) in [4.78, 5) is 81.2. The van der Waals surface area contributed by atoms with Crippen LogP contribution >= 0.6 is 0 Å². The average molecular weight is 536 g/mol. The number of hydrogen-bond acceptors (Lipinski definition) is 9. The minimum Gasteiger partial charge on any atom is -0.368 e. The Kier molecular flexibility index (Phi) is 3.98. The molecule has 1 N–H and O–H groups in total. The van der Waals surface area contributed by atoms with E-state index in [0.717, 1.165) is 14.0 Å². The minimum absolute atomic E-state index is 0.0238. The zero-order valence-corrected chi connectivity index (χ0v) is 21.4. The molecule has 7 rings (SSSR count). The molecule has 6 aromatic heterocycles. The van der Waals surface area contributed by atoms with Crippen molar-refractivity contribution in [3.8, 4) is 0 Å². The van der Waals surface area contributed by atoms with Gasteiger partial charge in [0.25, 0.3) is 11.1 Å². The molecule has 7 heterocycles. The van der Waals surface area contributed by atoms with Gasteiger partial charge in [0.2, 0.25) is 17.3 Å². The fourth-order valence-electron chi connectivity index (χ4n) is 5.36. The smallest absolute Gasteiger partial charge is 0.332 e. The second-order valence-electron chi connectivity index (χ2n) is 9.53. The van der Waals surface area contributed by atoms with Gasteiger partial charge >= 0.3 is 17.4 Å². The lowest BCUT2D eigenvalue weighted by Gasteiger charge is -2.33. The van der Waals surface area contributed by atoms with Crippen LogP contribution < -0.4 is 27.4 Å². The van der Waals surface area contributed by atoms with E-state index in [4.69, 9.17) is 0 Å². The van der Waals surface area contributed by atoms with Crippen molar-refractivity contribution in [2.45, 2.75) is 6.23 Å². The molecule has 0 saturated heterocycles. The van der Waals surface area contributed by atoms with E-state index >= 15 is 0 Å². The summed E-state index contributed by atoms with van der Waals surface area (Å²) >= 11 is 0. The lowest BCUT2D eigenvalue weighted by atomic mass is 10.3. The number of rotatable bonds is 0. The van der Waals surface area contributed by atoms with Gasteiger partial charge in [-0.1, -0.05) is 0 Å². The van der Waals surface area contributed by atoms with Gasteiger partial charge in [0, 0.05) is 42.3 Å². The molecule has 39 heavy (non-hydrogen) atoms. The molecule has 200 valence electrons. The highest BCUT2D eigenvalue weighted by Gasteiger charge is 2.39. The molecule has 0 saturated carbocycles. The second kappa shape index (κ2) is 6.78. The molecule has 0 spiro atoms. The molecule has 0 radical (unpaired) electrons. The van der Waals surface area contributed by atoms with Crippen molar-refractivity contribution in [2.75, 3.05) is 19.0 Å². The van der Waals surface area contributed by atoms with Crippen LogP contribution in [0.1, 0.15) is 11.9 Å². The number of aliphatic hydroxyl groups is 1. The second-order valence-corrected chi connectivity index (χ2v) is 9.53. The highest BCUT2D eigenvalue weighted by atomic mass is 16.3. The third-order valence-electron chi connectivity index (χ3n) is 7.45. The van der Waals surface area contributed by atoms with Crippen LogP contribution in [0.5, 0.6) is 0 Å². The summed E-state index contributed by atoms with van der Waals surface area (Å²) in [5.41, 5.74) is -2.59. The van der Waals surface area contributed by atoms with Gasteiger partial charge in [0.15, 0.2) is 34.4 Å². The predicted octanol–water partition coefficient (Wildman–Crippen LogP) is -2.78. The Morgan fingerprint density at radius 2 is 1.05 bits per heavy atom.